The molecule has 1 fully saturated rings. The Hall–Kier alpha value is -2.96. The highest BCUT2D eigenvalue weighted by atomic mass is 32.2. The second-order valence-corrected chi connectivity index (χ2v) is 11.5. The van der Waals surface area contributed by atoms with Gasteiger partial charge in [0.15, 0.2) is 11.5 Å². The summed E-state index contributed by atoms with van der Waals surface area (Å²) in [5.74, 6) is 1.49. The average molecular weight is 489 g/mol. The van der Waals surface area contributed by atoms with Crippen molar-refractivity contribution in [2.45, 2.75) is 50.3 Å². The predicted octanol–water partition coefficient (Wildman–Crippen LogP) is 6.79. The number of fused-ring (bicyclic) bond motifs is 1. The lowest BCUT2D eigenvalue weighted by Crippen LogP contribution is -2.27. The highest BCUT2D eigenvalue weighted by Gasteiger charge is 2.51. The molecule has 2 aliphatic rings. The number of carbonyl (C=O) groups excluding carboxylic acids is 1. The van der Waals surface area contributed by atoms with Gasteiger partial charge < -0.3 is 14.8 Å². The van der Waals surface area contributed by atoms with Crippen LogP contribution in [0.1, 0.15) is 45.6 Å². The molecule has 6 heteroatoms. The van der Waals surface area contributed by atoms with Gasteiger partial charge in [0.25, 0.3) is 0 Å². The van der Waals surface area contributed by atoms with E-state index in [1.165, 1.54) is 4.90 Å². The first-order valence-corrected chi connectivity index (χ1v) is 13.0. The van der Waals surface area contributed by atoms with Crippen LogP contribution in [0.3, 0.4) is 0 Å². The summed E-state index contributed by atoms with van der Waals surface area (Å²) in [6.45, 7) is 7.98. The number of anilines is 1. The van der Waals surface area contributed by atoms with Gasteiger partial charge >= 0.3 is 0 Å². The maximum absolute atomic E-state index is 13.3. The van der Waals surface area contributed by atoms with Crippen LogP contribution in [0.2, 0.25) is 0 Å². The zero-order chi connectivity index (χ0) is 24.5. The lowest BCUT2D eigenvalue weighted by Gasteiger charge is -2.17. The zero-order valence-corrected chi connectivity index (χ0v) is 21.3. The highest BCUT2D eigenvalue weighted by Crippen LogP contribution is 2.51. The number of ether oxygens (including phenoxy) is 2. The van der Waals surface area contributed by atoms with Crippen LogP contribution >= 0.6 is 11.9 Å². The molecule has 2 N–H and O–H groups in total. The van der Waals surface area contributed by atoms with Gasteiger partial charge in [0, 0.05) is 17.1 Å². The third-order valence-corrected chi connectivity index (χ3v) is 7.44. The van der Waals surface area contributed by atoms with Gasteiger partial charge in [0.2, 0.25) is 12.7 Å². The van der Waals surface area contributed by atoms with Gasteiger partial charge in [-0.25, -0.2) is 0 Å². The first-order valence-electron chi connectivity index (χ1n) is 12.1. The minimum Gasteiger partial charge on any atom is -0.454 e. The van der Waals surface area contributed by atoms with Crippen molar-refractivity contribution in [1.29, 1.82) is 0 Å². The van der Waals surface area contributed by atoms with E-state index in [0.717, 1.165) is 59.7 Å². The van der Waals surface area contributed by atoms with E-state index in [1.807, 2.05) is 36.4 Å². The monoisotopic (exact) mass is 488 g/mol. The van der Waals surface area contributed by atoms with E-state index >= 15 is 0 Å². The fraction of sp³-hybridized carbons (Fsp3) is 0.345. The molecule has 5 rings (SSSR count). The predicted molar refractivity (Wildman–Crippen MR) is 142 cm³/mol. The fourth-order valence-corrected chi connectivity index (χ4v) is 4.91. The fourth-order valence-electron chi connectivity index (χ4n) is 4.27. The highest BCUT2D eigenvalue weighted by molar-refractivity contribution is 7.97. The summed E-state index contributed by atoms with van der Waals surface area (Å²) < 4.78 is 14.4. The molecule has 3 aromatic carbocycles. The molecule has 0 atom stereocenters. The number of hydrogen-bond acceptors (Lipinski definition) is 5. The standard InChI is InChI=1S/C29H32N2O3S/c1-28(2,3)15-16-30-35-24-10-7-20(8-11-24)21-5-4-6-23(17-21)31-27(32)29(13-14-29)22-9-12-25-26(18-22)34-19-33-25/h4-12,17-18,30H,13-16,19H2,1-3H3,(H,31,32). The maximum atomic E-state index is 13.3. The van der Waals surface area contributed by atoms with Crippen LogP contribution in [0.15, 0.2) is 71.6 Å². The van der Waals surface area contributed by atoms with Crippen molar-refractivity contribution in [1.82, 2.24) is 4.72 Å². The molecule has 0 bridgehead atoms. The molecule has 0 aromatic heterocycles. The van der Waals surface area contributed by atoms with E-state index in [9.17, 15) is 4.79 Å². The van der Waals surface area contributed by atoms with Gasteiger partial charge in [-0.15, -0.1) is 0 Å². The summed E-state index contributed by atoms with van der Waals surface area (Å²) in [5.41, 5.74) is 3.84. The number of carbonyl (C=O) groups is 1. The lowest BCUT2D eigenvalue weighted by atomic mass is 9.93. The van der Waals surface area contributed by atoms with Gasteiger partial charge in [0.05, 0.1) is 5.41 Å². The van der Waals surface area contributed by atoms with Crippen molar-refractivity contribution < 1.29 is 14.3 Å². The van der Waals surface area contributed by atoms with Crippen molar-refractivity contribution in [2.75, 3.05) is 18.7 Å². The molecular formula is C29H32N2O3S. The second-order valence-electron chi connectivity index (χ2n) is 10.5. The molecule has 1 heterocycles. The molecule has 1 aliphatic carbocycles. The maximum Gasteiger partial charge on any atom is 0.235 e. The number of amides is 1. The van der Waals surface area contributed by atoms with Crippen LogP contribution in [0.4, 0.5) is 5.69 Å². The van der Waals surface area contributed by atoms with E-state index in [4.69, 9.17) is 9.47 Å². The Balaban J connectivity index is 1.23. The minimum absolute atomic E-state index is 0.0293. The van der Waals surface area contributed by atoms with E-state index in [1.54, 1.807) is 11.9 Å². The van der Waals surface area contributed by atoms with Crippen LogP contribution in [0.5, 0.6) is 11.5 Å². The Morgan fingerprint density at radius 1 is 0.943 bits per heavy atom. The summed E-state index contributed by atoms with van der Waals surface area (Å²) in [6, 6.07) is 22.4. The molecular weight excluding hydrogens is 456 g/mol. The van der Waals surface area contributed by atoms with E-state index in [0.29, 0.717) is 5.41 Å². The molecule has 1 aliphatic heterocycles. The van der Waals surface area contributed by atoms with Gasteiger partial charge in [-0.3, -0.25) is 9.52 Å². The second kappa shape index (κ2) is 9.59. The molecule has 0 radical (unpaired) electrons. The first kappa shape index (κ1) is 23.8. The van der Waals surface area contributed by atoms with Crippen LogP contribution in [-0.2, 0) is 10.2 Å². The Kier molecular flexibility index (Phi) is 6.51. The smallest absolute Gasteiger partial charge is 0.235 e. The third-order valence-electron chi connectivity index (χ3n) is 6.58. The number of rotatable bonds is 8. The first-order chi connectivity index (χ1) is 16.8. The lowest BCUT2D eigenvalue weighted by molar-refractivity contribution is -0.118. The largest absolute Gasteiger partial charge is 0.454 e. The Labute approximate surface area is 211 Å². The van der Waals surface area contributed by atoms with Crippen LogP contribution in [0.25, 0.3) is 11.1 Å². The Morgan fingerprint density at radius 2 is 1.71 bits per heavy atom. The van der Waals surface area contributed by atoms with Crippen molar-refractivity contribution in [3.8, 4) is 22.6 Å². The average Bonchev–Trinajstić information content (AvgIpc) is 3.53. The number of hydrogen-bond donors (Lipinski definition) is 2. The molecule has 182 valence electrons. The topological polar surface area (TPSA) is 59.6 Å². The molecule has 0 spiro atoms. The molecule has 5 nitrogen and oxygen atoms in total. The van der Waals surface area contributed by atoms with E-state index in [-0.39, 0.29) is 12.7 Å². The molecule has 0 unspecified atom stereocenters. The zero-order valence-electron chi connectivity index (χ0n) is 20.5. The summed E-state index contributed by atoms with van der Waals surface area (Å²) in [6.07, 6.45) is 2.80. The van der Waals surface area contributed by atoms with Crippen LogP contribution in [0, 0.1) is 5.41 Å². The third kappa shape index (κ3) is 5.49. The molecule has 3 aromatic rings. The SMILES string of the molecule is CC(C)(C)CCNSc1ccc(-c2cccc(NC(=O)C3(c4ccc5c(c4)OCO5)CC3)c2)cc1. The van der Waals surface area contributed by atoms with Gasteiger partial charge in [-0.2, -0.15) is 0 Å². The molecule has 1 amide bonds. The molecule has 0 saturated heterocycles. The Morgan fingerprint density at radius 3 is 2.46 bits per heavy atom. The van der Waals surface area contributed by atoms with Crippen molar-refractivity contribution in [3.05, 3.63) is 72.3 Å². The summed E-state index contributed by atoms with van der Waals surface area (Å²) in [7, 11) is 0. The molecule has 35 heavy (non-hydrogen) atoms. The van der Waals surface area contributed by atoms with E-state index in [2.05, 4.69) is 61.1 Å². The minimum atomic E-state index is -0.490. The number of nitrogens with one attached hydrogen (secondary N) is 2. The van der Waals surface area contributed by atoms with Crippen molar-refractivity contribution in [2.24, 2.45) is 5.41 Å². The van der Waals surface area contributed by atoms with E-state index < -0.39 is 5.41 Å². The summed E-state index contributed by atoms with van der Waals surface area (Å²) in [5, 5.41) is 3.15. The van der Waals surface area contributed by atoms with Crippen LogP contribution < -0.4 is 19.5 Å². The van der Waals surface area contributed by atoms with Gasteiger partial charge in [-0.1, -0.05) is 51.1 Å². The van der Waals surface area contributed by atoms with Gasteiger partial charge in [-0.05, 0) is 89.7 Å². The quantitative estimate of drug-likeness (QED) is 0.270. The van der Waals surface area contributed by atoms with Gasteiger partial charge in [0.1, 0.15) is 0 Å². The van der Waals surface area contributed by atoms with Crippen LogP contribution in [-0.4, -0.2) is 19.2 Å². The molecule has 1 saturated carbocycles. The summed E-state index contributed by atoms with van der Waals surface area (Å²) >= 11 is 1.67. The van der Waals surface area contributed by atoms with Crippen molar-refractivity contribution >= 4 is 23.5 Å². The van der Waals surface area contributed by atoms with Crippen molar-refractivity contribution in [3.63, 3.8) is 0 Å². The Bertz CT molecular complexity index is 1210. The normalized spacial score (nSPS) is 15.6. The number of benzene rings is 3. The summed E-state index contributed by atoms with van der Waals surface area (Å²) in [4.78, 5) is 14.5.